The summed E-state index contributed by atoms with van der Waals surface area (Å²) >= 11 is 0. The molecule has 0 amide bonds. The predicted molar refractivity (Wildman–Crippen MR) is 76.3 cm³/mol. The van der Waals surface area contributed by atoms with Crippen LogP contribution in [-0.2, 0) is 27.2 Å². The number of unbranched alkanes of at least 4 members (excludes halogenated alkanes) is 3. The van der Waals surface area contributed by atoms with Gasteiger partial charge in [-0.15, -0.1) is 0 Å². The predicted octanol–water partition coefficient (Wildman–Crippen LogP) is 1.26. The Balaban J connectivity index is 3.03. The van der Waals surface area contributed by atoms with Crippen LogP contribution in [0.4, 0.5) is 0 Å². The molecule has 0 bridgehead atoms. The molecule has 0 unspecified atom stereocenters. The fourth-order valence-electron chi connectivity index (χ4n) is 2.10. The summed E-state index contributed by atoms with van der Waals surface area (Å²) in [5.74, 6) is -1.18. The molecular formula is C14H22N2O5. The summed E-state index contributed by atoms with van der Waals surface area (Å²) in [6, 6.07) is 0. The molecule has 1 heterocycles. The van der Waals surface area contributed by atoms with Gasteiger partial charge in [-0.1, -0.05) is 26.2 Å². The SMILES string of the molecule is CCCCCCn1c(CC(=O)OC)c(C(=O)OC)[nH]c1=O. The number of aromatic amines is 1. The molecule has 1 aromatic heterocycles. The number of H-pyrrole nitrogens is 1. The highest BCUT2D eigenvalue weighted by Crippen LogP contribution is 2.10. The molecule has 7 heteroatoms. The minimum atomic E-state index is -0.668. The van der Waals surface area contributed by atoms with Crippen LogP contribution in [0.3, 0.4) is 0 Å². The zero-order chi connectivity index (χ0) is 15.8. The van der Waals surface area contributed by atoms with Crippen molar-refractivity contribution in [3.63, 3.8) is 0 Å². The highest BCUT2D eigenvalue weighted by atomic mass is 16.5. The van der Waals surface area contributed by atoms with E-state index in [1.54, 1.807) is 0 Å². The van der Waals surface area contributed by atoms with E-state index in [1.807, 2.05) is 0 Å². The van der Waals surface area contributed by atoms with Gasteiger partial charge in [-0.2, -0.15) is 0 Å². The summed E-state index contributed by atoms with van der Waals surface area (Å²) in [5, 5.41) is 0. The van der Waals surface area contributed by atoms with Crippen molar-refractivity contribution in [1.29, 1.82) is 0 Å². The summed E-state index contributed by atoms with van der Waals surface area (Å²) in [4.78, 5) is 37.6. The van der Waals surface area contributed by atoms with Crippen LogP contribution in [-0.4, -0.2) is 35.7 Å². The van der Waals surface area contributed by atoms with E-state index in [1.165, 1.54) is 18.8 Å². The lowest BCUT2D eigenvalue weighted by Crippen LogP contribution is -2.21. The van der Waals surface area contributed by atoms with E-state index >= 15 is 0 Å². The summed E-state index contributed by atoms with van der Waals surface area (Å²) in [5.41, 5.74) is -0.0793. The normalized spacial score (nSPS) is 10.4. The summed E-state index contributed by atoms with van der Waals surface area (Å²) in [6.07, 6.45) is 3.81. The maximum atomic E-state index is 12.0. The molecule has 0 fully saturated rings. The summed E-state index contributed by atoms with van der Waals surface area (Å²) in [7, 11) is 2.48. The van der Waals surface area contributed by atoms with Crippen LogP contribution in [0.15, 0.2) is 4.79 Å². The van der Waals surface area contributed by atoms with Gasteiger partial charge in [0.15, 0.2) is 0 Å². The number of nitrogens with one attached hydrogen (secondary N) is 1. The fourth-order valence-corrected chi connectivity index (χ4v) is 2.10. The van der Waals surface area contributed by atoms with Gasteiger partial charge in [-0.05, 0) is 6.42 Å². The number of rotatable bonds is 8. The van der Waals surface area contributed by atoms with Gasteiger partial charge in [0.05, 0.1) is 26.3 Å². The number of hydrogen-bond donors (Lipinski definition) is 1. The van der Waals surface area contributed by atoms with E-state index in [0.717, 1.165) is 25.7 Å². The minimum Gasteiger partial charge on any atom is -0.469 e. The van der Waals surface area contributed by atoms with Crippen molar-refractivity contribution in [3.8, 4) is 0 Å². The zero-order valence-electron chi connectivity index (χ0n) is 12.7. The Morgan fingerprint density at radius 1 is 1.14 bits per heavy atom. The molecule has 0 saturated heterocycles. The molecule has 0 spiro atoms. The second-order valence-corrected chi connectivity index (χ2v) is 4.71. The molecule has 0 aromatic carbocycles. The Morgan fingerprint density at radius 3 is 2.43 bits per heavy atom. The van der Waals surface area contributed by atoms with Crippen molar-refractivity contribution < 1.29 is 19.1 Å². The number of imidazole rings is 1. The van der Waals surface area contributed by atoms with Gasteiger partial charge >= 0.3 is 17.6 Å². The van der Waals surface area contributed by atoms with Crippen molar-refractivity contribution in [2.24, 2.45) is 0 Å². The molecule has 0 aliphatic rings. The smallest absolute Gasteiger partial charge is 0.356 e. The molecule has 1 rings (SSSR count). The average molecular weight is 298 g/mol. The highest BCUT2D eigenvalue weighted by Gasteiger charge is 2.22. The molecule has 0 aliphatic carbocycles. The van der Waals surface area contributed by atoms with Gasteiger partial charge in [0.1, 0.15) is 5.69 Å². The lowest BCUT2D eigenvalue weighted by atomic mass is 10.2. The van der Waals surface area contributed by atoms with Crippen molar-refractivity contribution in [3.05, 3.63) is 21.9 Å². The number of ether oxygens (including phenoxy) is 2. The molecule has 0 radical (unpaired) electrons. The molecule has 21 heavy (non-hydrogen) atoms. The maximum Gasteiger partial charge on any atom is 0.356 e. The molecule has 0 atom stereocenters. The number of nitrogens with zero attached hydrogens (tertiary/aromatic N) is 1. The molecule has 0 aliphatic heterocycles. The van der Waals surface area contributed by atoms with Crippen LogP contribution >= 0.6 is 0 Å². The zero-order valence-corrected chi connectivity index (χ0v) is 12.7. The van der Waals surface area contributed by atoms with Gasteiger partial charge in [-0.3, -0.25) is 14.3 Å². The lowest BCUT2D eigenvalue weighted by Gasteiger charge is -2.08. The molecule has 1 aromatic rings. The molecular weight excluding hydrogens is 276 g/mol. The first-order valence-electron chi connectivity index (χ1n) is 7.01. The number of carbonyl (C=O) groups excluding carboxylic acids is 2. The lowest BCUT2D eigenvalue weighted by molar-refractivity contribution is -0.139. The monoisotopic (exact) mass is 298 g/mol. The van der Waals surface area contributed by atoms with Crippen molar-refractivity contribution in [2.45, 2.75) is 45.6 Å². The molecule has 0 saturated carbocycles. The summed E-state index contributed by atoms with van der Waals surface area (Å²) < 4.78 is 10.7. The Bertz CT molecular complexity index is 544. The fraction of sp³-hybridized carbons (Fsp3) is 0.643. The Hall–Kier alpha value is -2.05. The first-order chi connectivity index (χ1) is 10.0. The van der Waals surface area contributed by atoms with E-state index in [9.17, 15) is 14.4 Å². The largest absolute Gasteiger partial charge is 0.469 e. The van der Waals surface area contributed by atoms with E-state index in [2.05, 4.69) is 21.4 Å². The third-order valence-corrected chi connectivity index (χ3v) is 3.26. The third kappa shape index (κ3) is 4.47. The maximum absolute atomic E-state index is 12.0. The second-order valence-electron chi connectivity index (χ2n) is 4.71. The number of methoxy groups -OCH3 is 2. The van der Waals surface area contributed by atoms with Crippen LogP contribution in [0, 0.1) is 0 Å². The Kier molecular flexibility index (Phi) is 6.71. The van der Waals surface area contributed by atoms with Crippen molar-refractivity contribution in [1.82, 2.24) is 9.55 Å². The van der Waals surface area contributed by atoms with Crippen LogP contribution in [0.2, 0.25) is 0 Å². The van der Waals surface area contributed by atoms with Crippen molar-refractivity contribution >= 4 is 11.9 Å². The van der Waals surface area contributed by atoms with Crippen molar-refractivity contribution in [2.75, 3.05) is 14.2 Å². The van der Waals surface area contributed by atoms with Gasteiger partial charge in [-0.25, -0.2) is 9.59 Å². The van der Waals surface area contributed by atoms with Gasteiger partial charge < -0.3 is 9.47 Å². The highest BCUT2D eigenvalue weighted by molar-refractivity contribution is 5.90. The number of aromatic nitrogens is 2. The van der Waals surface area contributed by atoms with Crippen LogP contribution < -0.4 is 5.69 Å². The van der Waals surface area contributed by atoms with Crippen LogP contribution in [0.1, 0.15) is 48.8 Å². The molecule has 118 valence electrons. The third-order valence-electron chi connectivity index (χ3n) is 3.26. The molecule has 1 N–H and O–H groups in total. The number of hydrogen-bond acceptors (Lipinski definition) is 5. The topological polar surface area (TPSA) is 90.4 Å². The Morgan fingerprint density at radius 2 is 1.86 bits per heavy atom. The van der Waals surface area contributed by atoms with Gasteiger partial charge in [0.2, 0.25) is 0 Å². The average Bonchev–Trinajstić information content (AvgIpc) is 2.79. The summed E-state index contributed by atoms with van der Waals surface area (Å²) in [6.45, 7) is 2.55. The van der Waals surface area contributed by atoms with E-state index in [4.69, 9.17) is 0 Å². The van der Waals surface area contributed by atoms with Crippen LogP contribution in [0.5, 0.6) is 0 Å². The molecule has 7 nitrogen and oxygen atoms in total. The van der Waals surface area contributed by atoms with Gasteiger partial charge in [0, 0.05) is 6.54 Å². The van der Waals surface area contributed by atoms with Gasteiger partial charge in [0.25, 0.3) is 0 Å². The first kappa shape index (κ1) is 17.0. The Labute approximate surface area is 123 Å². The van der Waals surface area contributed by atoms with E-state index < -0.39 is 17.6 Å². The first-order valence-corrected chi connectivity index (χ1v) is 7.01. The van der Waals surface area contributed by atoms with E-state index in [0.29, 0.717) is 12.2 Å². The quantitative estimate of drug-likeness (QED) is 0.576. The second kappa shape index (κ2) is 8.28. The standard InChI is InChI=1S/C14H22N2O5/c1-4-5-6-7-8-16-10(9-11(17)20-2)12(13(18)21-3)15-14(16)19/h4-9H2,1-3H3,(H,15,19). The minimum absolute atomic E-state index is 0.0170. The number of esters is 2. The van der Waals surface area contributed by atoms with Crippen LogP contribution in [0.25, 0.3) is 0 Å². The number of carbonyl (C=O) groups is 2. The van der Waals surface area contributed by atoms with E-state index in [-0.39, 0.29) is 12.1 Å².